The van der Waals surface area contributed by atoms with Crippen molar-refractivity contribution in [1.82, 2.24) is 10.2 Å². The number of nitrogens with one attached hydrogen (secondary N) is 2. The van der Waals surface area contributed by atoms with Gasteiger partial charge in [0.1, 0.15) is 5.75 Å². The molecule has 0 unspecified atom stereocenters. The Balaban J connectivity index is 2.15. The zero-order chi connectivity index (χ0) is 14.9. The molecule has 0 saturated carbocycles. The summed E-state index contributed by atoms with van der Waals surface area (Å²) in [6, 6.07) is 6.63. The SMILES string of the molecule is Cc1ccc(C(=O)Nc2cc(C(C)(C)C)[nH]n2)cc1O. The molecule has 1 heterocycles. The van der Waals surface area contributed by atoms with E-state index in [1.807, 2.05) is 6.07 Å². The molecule has 0 aliphatic carbocycles. The highest BCUT2D eigenvalue weighted by Gasteiger charge is 2.17. The minimum atomic E-state index is -0.299. The molecule has 5 nitrogen and oxygen atoms in total. The van der Waals surface area contributed by atoms with Gasteiger partial charge >= 0.3 is 0 Å². The fourth-order valence-electron chi connectivity index (χ4n) is 1.71. The molecular weight excluding hydrogens is 254 g/mol. The molecule has 2 rings (SSSR count). The average molecular weight is 273 g/mol. The second-order valence-corrected chi connectivity index (χ2v) is 5.87. The van der Waals surface area contributed by atoms with Crippen molar-refractivity contribution in [3.05, 3.63) is 41.1 Å². The number of carbonyl (C=O) groups is 1. The van der Waals surface area contributed by atoms with Crippen molar-refractivity contribution in [2.45, 2.75) is 33.1 Å². The molecule has 5 heteroatoms. The molecule has 0 saturated heterocycles. The first-order chi connectivity index (χ1) is 9.27. The number of carbonyl (C=O) groups excluding carboxylic acids is 1. The molecule has 3 N–H and O–H groups in total. The lowest BCUT2D eigenvalue weighted by Crippen LogP contribution is -2.12. The number of rotatable bonds is 2. The molecule has 0 aliphatic heterocycles. The lowest BCUT2D eigenvalue weighted by molar-refractivity contribution is 0.102. The molecule has 0 radical (unpaired) electrons. The van der Waals surface area contributed by atoms with Crippen LogP contribution in [0.5, 0.6) is 5.75 Å². The maximum Gasteiger partial charge on any atom is 0.256 e. The van der Waals surface area contributed by atoms with Crippen molar-refractivity contribution in [3.63, 3.8) is 0 Å². The van der Waals surface area contributed by atoms with Crippen LogP contribution in [0.4, 0.5) is 5.82 Å². The third kappa shape index (κ3) is 2.99. The van der Waals surface area contributed by atoms with Crippen molar-refractivity contribution in [3.8, 4) is 5.75 Å². The zero-order valence-electron chi connectivity index (χ0n) is 12.1. The van der Waals surface area contributed by atoms with Crippen molar-refractivity contribution >= 4 is 11.7 Å². The first-order valence-electron chi connectivity index (χ1n) is 6.44. The van der Waals surface area contributed by atoms with Crippen LogP contribution >= 0.6 is 0 Å². The number of hydrogen-bond donors (Lipinski definition) is 3. The molecule has 0 atom stereocenters. The van der Waals surface area contributed by atoms with E-state index in [1.54, 1.807) is 19.1 Å². The first kappa shape index (κ1) is 14.1. The third-order valence-corrected chi connectivity index (χ3v) is 3.10. The molecule has 0 fully saturated rings. The molecule has 0 aliphatic rings. The van der Waals surface area contributed by atoms with E-state index in [1.165, 1.54) is 6.07 Å². The molecule has 2 aromatic rings. The van der Waals surface area contributed by atoms with Crippen LogP contribution in [0.3, 0.4) is 0 Å². The van der Waals surface area contributed by atoms with E-state index in [2.05, 4.69) is 36.3 Å². The Bertz CT molecular complexity index is 639. The molecule has 106 valence electrons. The summed E-state index contributed by atoms with van der Waals surface area (Å²) in [6.07, 6.45) is 0. The van der Waals surface area contributed by atoms with Gasteiger partial charge in [-0.2, -0.15) is 5.10 Å². The summed E-state index contributed by atoms with van der Waals surface area (Å²) < 4.78 is 0. The molecule has 0 spiro atoms. The number of amides is 1. The maximum atomic E-state index is 12.1. The fourth-order valence-corrected chi connectivity index (χ4v) is 1.71. The Hall–Kier alpha value is -2.30. The highest BCUT2D eigenvalue weighted by molar-refractivity contribution is 6.04. The summed E-state index contributed by atoms with van der Waals surface area (Å²) in [6.45, 7) is 7.96. The van der Waals surface area contributed by atoms with Crippen LogP contribution in [0.1, 0.15) is 42.4 Å². The lowest BCUT2D eigenvalue weighted by atomic mass is 9.92. The molecule has 20 heavy (non-hydrogen) atoms. The molecular formula is C15H19N3O2. The van der Waals surface area contributed by atoms with Crippen molar-refractivity contribution in [1.29, 1.82) is 0 Å². The monoisotopic (exact) mass is 273 g/mol. The van der Waals surface area contributed by atoms with Gasteiger partial charge < -0.3 is 10.4 Å². The van der Waals surface area contributed by atoms with Crippen LogP contribution < -0.4 is 5.32 Å². The van der Waals surface area contributed by atoms with Crippen LogP contribution in [0.25, 0.3) is 0 Å². The quantitative estimate of drug-likeness (QED) is 0.787. The third-order valence-electron chi connectivity index (χ3n) is 3.10. The maximum absolute atomic E-state index is 12.1. The average Bonchev–Trinajstić information content (AvgIpc) is 2.81. The molecule has 1 aromatic heterocycles. The van der Waals surface area contributed by atoms with Crippen molar-refractivity contribution in [2.75, 3.05) is 5.32 Å². The summed E-state index contributed by atoms with van der Waals surface area (Å²) in [7, 11) is 0. The largest absolute Gasteiger partial charge is 0.508 e. The van der Waals surface area contributed by atoms with Gasteiger partial charge in [-0.25, -0.2) is 0 Å². The van der Waals surface area contributed by atoms with Crippen molar-refractivity contribution < 1.29 is 9.90 Å². The number of aryl methyl sites for hydroxylation is 1. The van der Waals surface area contributed by atoms with Gasteiger partial charge in [0, 0.05) is 22.7 Å². The minimum absolute atomic E-state index is 0.0574. The lowest BCUT2D eigenvalue weighted by Gasteiger charge is -2.14. The molecule has 1 aromatic carbocycles. The summed E-state index contributed by atoms with van der Waals surface area (Å²) in [5.41, 5.74) is 2.02. The Labute approximate surface area is 118 Å². The summed E-state index contributed by atoms with van der Waals surface area (Å²) in [4.78, 5) is 12.1. The van der Waals surface area contributed by atoms with Gasteiger partial charge in [0.05, 0.1) is 0 Å². The standard InChI is InChI=1S/C15H19N3O2/c1-9-5-6-10(7-11(9)19)14(20)16-13-8-12(17-18-13)15(2,3)4/h5-8,19H,1-4H3,(H2,16,17,18,20). The van der Waals surface area contributed by atoms with Crippen LogP contribution in [-0.4, -0.2) is 21.2 Å². The number of phenols is 1. The number of benzene rings is 1. The van der Waals surface area contributed by atoms with E-state index in [0.717, 1.165) is 11.3 Å². The number of aromatic amines is 1. The number of phenolic OH excluding ortho intramolecular Hbond substituents is 1. The van der Waals surface area contributed by atoms with E-state index in [-0.39, 0.29) is 17.1 Å². The predicted octanol–water partition coefficient (Wildman–Crippen LogP) is 2.97. The van der Waals surface area contributed by atoms with E-state index in [0.29, 0.717) is 11.4 Å². The smallest absolute Gasteiger partial charge is 0.256 e. The van der Waals surface area contributed by atoms with Gasteiger partial charge in [-0.1, -0.05) is 26.8 Å². The van der Waals surface area contributed by atoms with Gasteiger partial charge in [0.15, 0.2) is 5.82 Å². The minimum Gasteiger partial charge on any atom is -0.508 e. The second kappa shape index (κ2) is 5.00. The fraction of sp³-hybridized carbons (Fsp3) is 0.333. The Morgan fingerprint density at radius 3 is 2.55 bits per heavy atom. The number of aromatic hydroxyl groups is 1. The van der Waals surface area contributed by atoms with Crippen LogP contribution in [0.2, 0.25) is 0 Å². The van der Waals surface area contributed by atoms with E-state index < -0.39 is 0 Å². The second-order valence-electron chi connectivity index (χ2n) is 5.87. The molecule has 1 amide bonds. The first-order valence-corrected chi connectivity index (χ1v) is 6.44. The van der Waals surface area contributed by atoms with E-state index >= 15 is 0 Å². The summed E-state index contributed by atoms with van der Waals surface area (Å²) in [5, 5.41) is 19.3. The highest BCUT2D eigenvalue weighted by Crippen LogP contribution is 2.23. The number of H-pyrrole nitrogens is 1. The summed E-state index contributed by atoms with van der Waals surface area (Å²) >= 11 is 0. The van der Waals surface area contributed by atoms with Gasteiger partial charge in [0.25, 0.3) is 5.91 Å². The Kier molecular flexibility index (Phi) is 3.53. The van der Waals surface area contributed by atoms with Gasteiger partial charge in [-0.05, 0) is 24.6 Å². The zero-order valence-corrected chi connectivity index (χ0v) is 12.1. The van der Waals surface area contributed by atoms with E-state index in [4.69, 9.17) is 0 Å². The van der Waals surface area contributed by atoms with Crippen molar-refractivity contribution in [2.24, 2.45) is 0 Å². The van der Waals surface area contributed by atoms with Gasteiger partial charge in [-0.3, -0.25) is 9.89 Å². The number of hydrogen-bond acceptors (Lipinski definition) is 3. The van der Waals surface area contributed by atoms with Gasteiger partial charge in [0.2, 0.25) is 0 Å². The number of anilines is 1. The predicted molar refractivity (Wildman–Crippen MR) is 78.1 cm³/mol. The van der Waals surface area contributed by atoms with Crippen LogP contribution in [0, 0.1) is 6.92 Å². The van der Waals surface area contributed by atoms with Gasteiger partial charge in [-0.15, -0.1) is 0 Å². The Morgan fingerprint density at radius 2 is 2.00 bits per heavy atom. The topological polar surface area (TPSA) is 78.0 Å². The number of aromatic nitrogens is 2. The Morgan fingerprint density at radius 1 is 1.30 bits per heavy atom. The molecule has 0 bridgehead atoms. The van der Waals surface area contributed by atoms with Crippen LogP contribution in [0.15, 0.2) is 24.3 Å². The summed E-state index contributed by atoms with van der Waals surface area (Å²) in [5.74, 6) is 0.280. The van der Waals surface area contributed by atoms with E-state index in [9.17, 15) is 9.90 Å². The normalized spacial score (nSPS) is 11.4. The highest BCUT2D eigenvalue weighted by atomic mass is 16.3. The van der Waals surface area contributed by atoms with Crippen LogP contribution in [-0.2, 0) is 5.41 Å². The number of nitrogens with zero attached hydrogens (tertiary/aromatic N) is 1.